The molecule has 0 aromatic heterocycles. The highest BCUT2D eigenvalue weighted by Gasteiger charge is 2.42. The molecule has 1 aliphatic carbocycles. The van der Waals surface area contributed by atoms with Gasteiger partial charge in [0.15, 0.2) is 0 Å². The number of esters is 1. The van der Waals surface area contributed by atoms with Gasteiger partial charge in [0.25, 0.3) is 0 Å². The number of methoxy groups -OCH3 is 1. The molecule has 0 bridgehead atoms. The third-order valence-corrected chi connectivity index (χ3v) is 3.11. The number of nitriles is 1. The number of carbonyl (C=O) groups is 1. The lowest BCUT2D eigenvalue weighted by Gasteiger charge is -2.40. The van der Waals surface area contributed by atoms with Crippen molar-refractivity contribution < 1.29 is 9.53 Å². The highest BCUT2D eigenvalue weighted by Crippen LogP contribution is 2.47. The predicted molar refractivity (Wildman–Crippen MR) is 47.7 cm³/mol. The number of rotatable bonds is 3. The lowest BCUT2D eigenvalue weighted by molar-refractivity contribution is -0.142. The van der Waals surface area contributed by atoms with Gasteiger partial charge in [-0.25, -0.2) is 0 Å². The Labute approximate surface area is 78.7 Å². The highest BCUT2D eigenvalue weighted by atomic mass is 16.5. The van der Waals surface area contributed by atoms with E-state index in [4.69, 9.17) is 5.26 Å². The monoisotopic (exact) mass is 181 g/mol. The minimum atomic E-state index is -0.242. The summed E-state index contributed by atoms with van der Waals surface area (Å²) in [5.74, 6) is -0.0901. The van der Waals surface area contributed by atoms with Gasteiger partial charge < -0.3 is 4.74 Å². The number of ether oxygens (including phenoxy) is 1. The molecule has 1 saturated carbocycles. The first kappa shape index (κ1) is 10.0. The molecule has 0 aromatic carbocycles. The van der Waals surface area contributed by atoms with E-state index in [1.54, 1.807) is 0 Å². The van der Waals surface area contributed by atoms with Gasteiger partial charge in [0.05, 0.1) is 18.6 Å². The summed E-state index contributed by atoms with van der Waals surface area (Å²) in [5, 5.41) is 8.99. The molecule has 0 aromatic rings. The van der Waals surface area contributed by atoms with E-state index >= 15 is 0 Å². The third-order valence-electron chi connectivity index (χ3n) is 3.11. The molecule has 0 saturated heterocycles. The molecule has 3 heteroatoms. The zero-order chi connectivity index (χ0) is 9.90. The van der Waals surface area contributed by atoms with Gasteiger partial charge in [0, 0.05) is 6.42 Å². The van der Waals surface area contributed by atoms with Crippen molar-refractivity contribution in [2.75, 3.05) is 7.11 Å². The largest absolute Gasteiger partial charge is 0.469 e. The van der Waals surface area contributed by atoms with Gasteiger partial charge in [0.2, 0.25) is 0 Å². The van der Waals surface area contributed by atoms with Crippen LogP contribution < -0.4 is 0 Å². The van der Waals surface area contributed by atoms with Crippen molar-refractivity contribution >= 4 is 5.97 Å². The molecule has 1 rings (SSSR count). The van der Waals surface area contributed by atoms with Gasteiger partial charge in [0.1, 0.15) is 0 Å². The van der Waals surface area contributed by atoms with Gasteiger partial charge in [-0.1, -0.05) is 13.3 Å². The molecule has 0 aliphatic heterocycles. The quantitative estimate of drug-likeness (QED) is 0.624. The fourth-order valence-electron chi connectivity index (χ4n) is 1.80. The second kappa shape index (κ2) is 3.78. The molecule has 0 N–H and O–H groups in total. The summed E-state index contributed by atoms with van der Waals surface area (Å²) in [6.07, 6.45) is 3.34. The molecule has 72 valence electrons. The van der Waals surface area contributed by atoms with Gasteiger partial charge in [-0.15, -0.1) is 0 Å². The minimum Gasteiger partial charge on any atom is -0.469 e. The zero-order valence-electron chi connectivity index (χ0n) is 8.17. The second-order valence-corrected chi connectivity index (χ2v) is 3.80. The average molecular weight is 181 g/mol. The Balaban J connectivity index is 2.51. The summed E-state index contributed by atoms with van der Waals surface area (Å²) >= 11 is 0. The van der Waals surface area contributed by atoms with E-state index in [9.17, 15) is 4.79 Å². The van der Waals surface area contributed by atoms with E-state index in [-0.39, 0.29) is 17.3 Å². The van der Waals surface area contributed by atoms with Crippen LogP contribution in [0.5, 0.6) is 0 Å². The van der Waals surface area contributed by atoms with Gasteiger partial charge in [-0.3, -0.25) is 4.79 Å². The van der Waals surface area contributed by atoms with Crippen LogP contribution >= 0.6 is 0 Å². The first-order chi connectivity index (χ1) is 6.14. The van der Waals surface area contributed by atoms with Crippen LogP contribution in [-0.2, 0) is 9.53 Å². The van der Waals surface area contributed by atoms with Crippen molar-refractivity contribution in [1.82, 2.24) is 0 Å². The summed E-state index contributed by atoms with van der Waals surface area (Å²) in [6, 6.07) is 2.34. The van der Waals surface area contributed by atoms with Gasteiger partial charge >= 0.3 is 5.97 Å². The van der Waals surface area contributed by atoms with Crippen molar-refractivity contribution in [1.29, 1.82) is 5.26 Å². The van der Waals surface area contributed by atoms with E-state index < -0.39 is 0 Å². The molecular weight excluding hydrogens is 166 g/mol. The van der Waals surface area contributed by atoms with Crippen molar-refractivity contribution in [3.8, 4) is 6.07 Å². The van der Waals surface area contributed by atoms with E-state index in [2.05, 4.69) is 10.8 Å². The van der Waals surface area contributed by atoms with Gasteiger partial charge in [-0.2, -0.15) is 5.26 Å². The lowest BCUT2D eigenvalue weighted by atomic mass is 9.62. The molecule has 3 nitrogen and oxygen atoms in total. The zero-order valence-corrected chi connectivity index (χ0v) is 8.17. The topological polar surface area (TPSA) is 50.1 Å². The summed E-state index contributed by atoms with van der Waals surface area (Å²) in [5.41, 5.74) is -0.242. The summed E-state index contributed by atoms with van der Waals surface area (Å²) in [7, 11) is 1.38. The first-order valence-corrected chi connectivity index (χ1v) is 4.63. The van der Waals surface area contributed by atoms with Crippen LogP contribution in [0.3, 0.4) is 0 Å². The summed E-state index contributed by atoms with van der Waals surface area (Å²) in [6.45, 7) is 1.96. The van der Waals surface area contributed by atoms with E-state index in [0.717, 1.165) is 19.3 Å². The Morgan fingerprint density at radius 2 is 2.31 bits per heavy atom. The van der Waals surface area contributed by atoms with Crippen LogP contribution in [0.25, 0.3) is 0 Å². The normalized spacial score (nSPS) is 21.0. The maximum atomic E-state index is 11.0. The molecular formula is C10H15NO2. The van der Waals surface area contributed by atoms with Crippen LogP contribution in [0.15, 0.2) is 0 Å². The van der Waals surface area contributed by atoms with Crippen LogP contribution in [0.2, 0.25) is 0 Å². The number of hydrogen-bond donors (Lipinski definition) is 0. The SMILES string of the molecule is COC(=O)C[C@H](C)C1(C#N)CCC1. The molecule has 1 fully saturated rings. The molecule has 0 heterocycles. The molecule has 1 aliphatic rings. The Hall–Kier alpha value is -1.04. The fourth-order valence-corrected chi connectivity index (χ4v) is 1.80. The maximum Gasteiger partial charge on any atom is 0.305 e. The molecule has 0 spiro atoms. The van der Waals surface area contributed by atoms with Crippen molar-refractivity contribution in [2.24, 2.45) is 11.3 Å². The molecule has 0 radical (unpaired) electrons. The van der Waals surface area contributed by atoms with Crippen molar-refractivity contribution in [3.05, 3.63) is 0 Å². The Bertz CT molecular complexity index is 238. The Morgan fingerprint density at radius 1 is 1.69 bits per heavy atom. The smallest absolute Gasteiger partial charge is 0.305 e. The van der Waals surface area contributed by atoms with Crippen LogP contribution in [0.1, 0.15) is 32.6 Å². The van der Waals surface area contributed by atoms with Crippen LogP contribution in [0.4, 0.5) is 0 Å². The number of carbonyl (C=O) groups excluding carboxylic acids is 1. The summed E-state index contributed by atoms with van der Waals surface area (Å²) in [4.78, 5) is 11.0. The van der Waals surface area contributed by atoms with E-state index in [1.807, 2.05) is 6.92 Å². The predicted octanol–water partition coefficient (Wildman–Crippen LogP) is 1.88. The average Bonchev–Trinajstić information content (AvgIpc) is 2.03. The third kappa shape index (κ3) is 1.82. The Kier molecular flexibility index (Phi) is 2.92. The van der Waals surface area contributed by atoms with Crippen molar-refractivity contribution in [2.45, 2.75) is 32.6 Å². The first-order valence-electron chi connectivity index (χ1n) is 4.63. The van der Waals surface area contributed by atoms with Crippen molar-refractivity contribution in [3.63, 3.8) is 0 Å². The van der Waals surface area contributed by atoms with E-state index in [0.29, 0.717) is 6.42 Å². The number of nitrogens with zero attached hydrogens (tertiary/aromatic N) is 1. The molecule has 0 amide bonds. The Morgan fingerprint density at radius 3 is 2.62 bits per heavy atom. The summed E-state index contributed by atoms with van der Waals surface area (Å²) < 4.78 is 4.58. The van der Waals surface area contributed by atoms with Crippen LogP contribution in [-0.4, -0.2) is 13.1 Å². The lowest BCUT2D eigenvalue weighted by Crippen LogP contribution is -2.35. The van der Waals surface area contributed by atoms with Gasteiger partial charge in [-0.05, 0) is 18.8 Å². The molecule has 0 unspecified atom stereocenters. The molecule has 1 atom stereocenters. The molecule has 13 heavy (non-hydrogen) atoms. The standard InChI is InChI=1S/C10H15NO2/c1-8(6-9(12)13-2)10(7-11)4-3-5-10/h8H,3-6H2,1-2H3/t8-/m0/s1. The minimum absolute atomic E-state index is 0.124. The highest BCUT2D eigenvalue weighted by molar-refractivity contribution is 5.69. The van der Waals surface area contributed by atoms with E-state index in [1.165, 1.54) is 7.11 Å². The maximum absolute atomic E-state index is 11.0. The fraction of sp³-hybridized carbons (Fsp3) is 0.800. The second-order valence-electron chi connectivity index (χ2n) is 3.80. The number of hydrogen-bond acceptors (Lipinski definition) is 3. The van der Waals surface area contributed by atoms with Crippen LogP contribution in [0, 0.1) is 22.7 Å².